The van der Waals surface area contributed by atoms with E-state index in [-0.39, 0.29) is 57.7 Å². The quantitative estimate of drug-likeness (QED) is 0.0264. The summed E-state index contributed by atoms with van der Waals surface area (Å²) in [5.41, 5.74) is 11.2. The number of aromatic nitrogens is 8. The van der Waals surface area contributed by atoms with Gasteiger partial charge in [0.1, 0.15) is 27.3 Å². The summed E-state index contributed by atoms with van der Waals surface area (Å²) in [7, 11) is 12.8. The van der Waals surface area contributed by atoms with Crippen molar-refractivity contribution in [3.05, 3.63) is 324 Å². The highest BCUT2D eigenvalue weighted by molar-refractivity contribution is 8.16. The van der Waals surface area contributed by atoms with Crippen molar-refractivity contribution in [2.45, 2.75) is 32.9 Å². The second-order valence-corrected chi connectivity index (χ2v) is 29.9. The lowest BCUT2D eigenvalue weighted by molar-refractivity contribution is -0.142. The van der Waals surface area contributed by atoms with Gasteiger partial charge in [-0.05, 0) is 97.1 Å². The summed E-state index contributed by atoms with van der Waals surface area (Å²) in [6.07, 6.45) is 15.0. The van der Waals surface area contributed by atoms with Crippen molar-refractivity contribution in [2.75, 3.05) is 75.5 Å². The molecule has 0 saturated carbocycles. The van der Waals surface area contributed by atoms with Crippen molar-refractivity contribution in [3.63, 3.8) is 0 Å². The zero-order valence-corrected chi connectivity index (χ0v) is 75.2. The topological polar surface area (TPSA) is 416 Å². The van der Waals surface area contributed by atoms with Gasteiger partial charge in [-0.1, -0.05) is 109 Å². The molecule has 0 spiro atoms. The minimum absolute atomic E-state index is 0.00412. The molecule has 18 rings (SSSR count). The lowest BCUT2D eigenvalue weighted by atomic mass is 10.0. The fraction of sp³-hybridized carbons (Fsp3) is 0.162. The number of H-pyrrole nitrogens is 6. The first kappa shape index (κ1) is 98.0. The Balaban J connectivity index is 0.000000160. The highest BCUT2D eigenvalue weighted by Gasteiger charge is 2.33. The number of fused-ring (bicyclic) bond motifs is 6. The molecule has 132 heavy (non-hydrogen) atoms. The van der Waals surface area contributed by atoms with Crippen LogP contribution in [0.5, 0.6) is 23.0 Å². The van der Waals surface area contributed by atoms with E-state index in [0.29, 0.717) is 95.1 Å². The lowest BCUT2D eigenvalue weighted by Gasteiger charge is -2.13. The summed E-state index contributed by atoms with van der Waals surface area (Å²) in [6, 6.07) is 61.0. The number of para-hydroxylation sites is 4. The van der Waals surface area contributed by atoms with Crippen molar-refractivity contribution in [1.29, 1.82) is 0 Å². The van der Waals surface area contributed by atoms with Gasteiger partial charge in [-0.25, -0.2) is 14.0 Å². The van der Waals surface area contributed by atoms with E-state index in [1.54, 1.807) is 105 Å². The maximum Gasteiger partial charge on any atom is 0.331 e. The van der Waals surface area contributed by atoms with Crippen molar-refractivity contribution in [2.24, 2.45) is 9.98 Å². The molecule has 8 aromatic heterocycles. The van der Waals surface area contributed by atoms with E-state index in [0.717, 1.165) is 65.6 Å². The van der Waals surface area contributed by atoms with E-state index in [9.17, 15) is 57.1 Å². The lowest BCUT2D eigenvalue weighted by Crippen LogP contribution is -2.20. The number of aliphatic imine (C=N–C) groups is 2. The van der Waals surface area contributed by atoms with Crippen LogP contribution in [0.4, 0.5) is 4.39 Å². The normalized spacial score (nSPS) is 12.4. The first-order valence-corrected chi connectivity index (χ1v) is 42.1. The number of methoxy groups -OCH3 is 9. The Bertz CT molecular complexity index is 6510. The fourth-order valence-corrected chi connectivity index (χ4v) is 14.8. The fourth-order valence-electron chi connectivity index (χ4n) is 12.9. The minimum Gasteiger partial charge on any atom is -0.497 e. The summed E-state index contributed by atoms with van der Waals surface area (Å²) in [6.45, 7) is 4.08. The van der Waals surface area contributed by atoms with Crippen LogP contribution in [0.25, 0.3) is 65.4 Å². The number of ketones is 6. The van der Waals surface area contributed by atoms with Gasteiger partial charge in [-0.15, -0.1) is 23.5 Å². The van der Waals surface area contributed by atoms with Gasteiger partial charge in [0, 0.05) is 192 Å². The standard InChI is InChI=1S/C18H17NO4.C15H14N2O4S.C15H11NO.C14H11FN2O3S.2C14H10N2O.3C3H6O2/c1-21-15-8-11(9-16(22-2)18(15)23-3)17(20)13-10-19-14-7-5-4-6-12(13)14;1-20-8-3-4-11-9(5-8)10(6-16-11)13(18)14-17-12(7-22-14)15(19)21-2;17-15(11-6-2-1-3-7-11)13-10-16-14-9-5-4-8-12(13)14;1-20-14(19)11-6-21-13(17-11)12(18)9-5-16-10-3-2-7(15)4-8(9)10;17-14(10-4-3-7-15-8-10)12-9-16-13-6-2-1-5-11(12)13;17-14(13-7-3-4-8-15-13)11-9-16-12-6-2-1-5-10(11)12;3*1-3(4)5-2/h4-10,19H,1-3H3;3-6,12,16H,7H2,1-2H3;1-10,16H;2-5,11,16H,6H2,1H3;2*1-9,16H;3*1-2H3. The summed E-state index contributed by atoms with van der Waals surface area (Å²) in [5.74, 6) is 0.201. The number of hydrogen-bond acceptors (Lipinski definition) is 26. The van der Waals surface area contributed by atoms with Crippen LogP contribution in [0.1, 0.15) is 105 Å². The van der Waals surface area contributed by atoms with Gasteiger partial charge >= 0.3 is 29.8 Å². The predicted molar refractivity (Wildman–Crippen MR) is 504 cm³/mol. The van der Waals surface area contributed by atoms with Crippen molar-refractivity contribution < 1.29 is 99.8 Å². The number of carbonyl (C=O) groups excluding carboxylic acids is 11. The number of Topliss-reactive ketones (excluding diaryl/α,β-unsaturated/α-hetero) is 2. The Morgan fingerprint density at radius 1 is 0.333 bits per heavy atom. The van der Waals surface area contributed by atoms with Gasteiger partial charge in [-0.3, -0.25) is 63.1 Å². The second-order valence-electron chi connectivity index (χ2n) is 27.9. The molecular weight excluding hydrogens is 1730 g/mol. The van der Waals surface area contributed by atoms with Crippen LogP contribution >= 0.6 is 23.5 Å². The number of nitrogens with zero attached hydrogens (tertiary/aromatic N) is 4. The van der Waals surface area contributed by atoms with Gasteiger partial charge in [-0.2, -0.15) is 0 Å². The van der Waals surface area contributed by atoms with Crippen LogP contribution in [0.3, 0.4) is 0 Å². The van der Waals surface area contributed by atoms with Crippen LogP contribution < -0.4 is 18.9 Å². The summed E-state index contributed by atoms with van der Waals surface area (Å²) < 4.78 is 56.0. The molecule has 2 aliphatic rings. The molecule has 16 aromatic rings. The van der Waals surface area contributed by atoms with E-state index in [1.807, 2.05) is 146 Å². The number of benzene rings is 8. The molecule has 6 N–H and O–H groups in total. The summed E-state index contributed by atoms with van der Waals surface area (Å²) in [4.78, 5) is 161. The van der Waals surface area contributed by atoms with Crippen molar-refractivity contribution in [1.82, 2.24) is 39.9 Å². The third-order valence-corrected chi connectivity index (χ3v) is 21.7. The molecule has 0 saturated heterocycles. The monoisotopic (exact) mass is 1820 g/mol. The number of carbonyl (C=O) groups is 11. The highest BCUT2D eigenvalue weighted by atomic mass is 32.2. The molecule has 676 valence electrons. The van der Waals surface area contributed by atoms with Crippen LogP contribution in [0, 0.1) is 5.82 Å². The third-order valence-electron chi connectivity index (χ3n) is 19.6. The molecule has 2 aliphatic heterocycles. The van der Waals surface area contributed by atoms with E-state index < -0.39 is 29.8 Å². The van der Waals surface area contributed by atoms with Crippen LogP contribution in [-0.2, 0) is 47.7 Å². The van der Waals surface area contributed by atoms with Crippen LogP contribution in [0.2, 0.25) is 0 Å². The molecule has 0 fully saturated rings. The van der Waals surface area contributed by atoms with Crippen LogP contribution in [-0.4, -0.2) is 202 Å². The summed E-state index contributed by atoms with van der Waals surface area (Å²) in [5, 5.41) is 5.59. The molecule has 10 heterocycles. The van der Waals surface area contributed by atoms with Crippen LogP contribution in [0.15, 0.2) is 272 Å². The van der Waals surface area contributed by atoms with E-state index >= 15 is 0 Å². The summed E-state index contributed by atoms with van der Waals surface area (Å²) >= 11 is 2.48. The van der Waals surface area contributed by atoms with Crippen molar-refractivity contribution in [3.8, 4) is 23.0 Å². The molecule has 33 heteroatoms. The number of halogens is 1. The maximum absolute atomic E-state index is 13.3. The molecule has 0 aliphatic carbocycles. The Kier molecular flexibility index (Phi) is 35.7. The van der Waals surface area contributed by atoms with Gasteiger partial charge in [0.25, 0.3) is 0 Å². The minimum atomic E-state index is -0.652. The molecular formula is C99H91FN10O20S2. The van der Waals surface area contributed by atoms with E-state index in [1.165, 1.54) is 120 Å². The smallest absolute Gasteiger partial charge is 0.331 e. The first-order chi connectivity index (χ1) is 63.8. The number of nitrogens with one attached hydrogen (secondary N) is 6. The Hall–Kier alpha value is -16.2. The molecule has 0 amide bonds. The molecule has 8 aromatic carbocycles. The average molecular weight is 1820 g/mol. The highest BCUT2D eigenvalue weighted by Crippen LogP contribution is 2.40. The molecule has 2 unspecified atom stereocenters. The first-order valence-electron chi connectivity index (χ1n) is 40.1. The SMILES string of the molecule is COC(=O)C1CSC(C(=O)c2c[nH]c3ccc(F)cc23)=N1.COC(=O)C1CSC(C(=O)c2c[nH]c3ccc(OC)cc23)=N1.COC(C)=O.COC(C)=O.COC(C)=O.COc1cc(C(=O)c2c[nH]c3ccccc23)cc(OC)c1OC.O=C(c1ccccc1)c1c[nH]c2ccccc12.O=C(c1ccccn1)c1c[nH]c2ccccc12.O=C(c1cccnc1)c1c[nH]c2ccccc12. The number of ether oxygens (including phenoxy) is 9. The Morgan fingerprint density at radius 2 is 0.689 bits per heavy atom. The Labute approximate surface area is 763 Å². The molecule has 2 atom stereocenters. The van der Waals surface area contributed by atoms with Gasteiger partial charge in [0.05, 0.1) is 75.1 Å². The zero-order valence-electron chi connectivity index (χ0n) is 73.5. The average Bonchev–Trinajstić information content (AvgIpc) is 1.64. The largest absolute Gasteiger partial charge is 0.497 e. The third kappa shape index (κ3) is 25.2. The number of aromatic amines is 6. The van der Waals surface area contributed by atoms with Crippen molar-refractivity contribution >= 4 is 164 Å². The number of rotatable bonds is 18. The molecule has 30 nitrogen and oxygen atoms in total. The van der Waals surface area contributed by atoms with Gasteiger partial charge in [0.2, 0.25) is 23.1 Å². The Morgan fingerprint density at radius 3 is 1.06 bits per heavy atom. The molecule has 0 radical (unpaired) electrons. The van der Waals surface area contributed by atoms with E-state index in [2.05, 4.69) is 73.5 Å². The molecule has 0 bridgehead atoms. The van der Waals surface area contributed by atoms with Gasteiger partial charge in [0.15, 0.2) is 40.9 Å². The number of esters is 5. The number of hydrogen-bond donors (Lipinski definition) is 6. The number of pyridine rings is 2. The number of thioether (sulfide) groups is 2. The zero-order chi connectivity index (χ0) is 94.9. The second kappa shape index (κ2) is 48.1. The predicted octanol–water partition coefficient (Wildman–Crippen LogP) is 17.2. The van der Waals surface area contributed by atoms with Gasteiger partial charge < -0.3 is 72.5 Å². The van der Waals surface area contributed by atoms with E-state index in [4.69, 9.17) is 18.9 Å². The maximum atomic E-state index is 13.3.